The van der Waals surface area contributed by atoms with Gasteiger partial charge in [-0.05, 0) is 37.1 Å². The summed E-state index contributed by atoms with van der Waals surface area (Å²) in [4.78, 5) is 23.6. The van der Waals surface area contributed by atoms with Crippen LogP contribution in [0.25, 0.3) is 33.2 Å². The molecule has 1 aromatic carbocycles. The average molecular weight is 373 g/mol. The van der Waals surface area contributed by atoms with Gasteiger partial charge in [0, 0.05) is 36.3 Å². The van der Waals surface area contributed by atoms with Crippen molar-refractivity contribution in [1.82, 2.24) is 14.9 Å². The van der Waals surface area contributed by atoms with Crippen molar-refractivity contribution < 1.29 is 14.3 Å². The molecule has 1 saturated heterocycles. The van der Waals surface area contributed by atoms with Gasteiger partial charge in [0.15, 0.2) is 0 Å². The van der Waals surface area contributed by atoms with Gasteiger partial charge in [0.05, 0.1) is 17.2 Å². The van der Waals surface area contributed by atoms with Gasteiger partial charge in [-0.15, -0.1) is 0 Å². The number of pyridine rings is 2. The van der Waals surface area contributed by atoms with Crippen LogP contribution in [0.2, 0.25) is 0 Å². The second kappa shape index (κ2) is 6.73. The zero-order valence-corrected chi connectivity index (χ0v) is 15.2. The van der Waals surface area contributed by atoms with Crippen molar-refractivity contribution in [2.24, 2.45) is 0 Å². The number of rotatable bonds is 2. The van der Waals surface area contributed by atoms with Crippen molar-refractivity contribution in [2.75, 3.05) is 13.1 Å². The highest BCUT2D eigenvalue weighted by molar-refractivity contribution is 5.99. The molecule has 1 aliphatic heterocycles. The first-order chi connectivity index (χ1) is 13.7. The Kier molecular flexibility index (Phi) is 4.06. The molecule has 140 valence electrons. The molecule has 1 amide bonds. The Morgan fingerprint density at radius 1 is 1.07 bits per heavy atom. The minimum absolute atomic E-state index is 0.110. The molecule has 0 aliphatic carbocycles. The van der Waals surface area contributed by atoms with E-state index in [9.17, 15) is 9.90 Å². The summed E-state index contributed by atoms with van der Waals surface area (Å²) in [6.45, 7) is 1.10. The molecule has 3 aromatic heterocycles. The van der Waals surface area contributed by atoms with E-state index >= 15 is 0 Å². The van der Waals surface area contributed by atoms with Crippen LogP contribution in [0, 0.1) is 0 Å². The van der Waals surface area contributed by atoms with E-state index in [0.717, 1.165) is 21.9 Å². The molecule has 5 rings (SSSR count). The first kappa shape index (κ1) is 16.9. The molecular formula is C22H19N3O3. The van der Waals surface area contributed by atoms with Gasteiger partial charge in [-0.25, -0.2) is 4.98 Å². The van der Waals surface area contributed by atoms with Crippen molar-refractivity contribution in [3.8, 4) is 11.3 Å². The van der Waals surface area contributed by atoms with Crippen LogP contribution in [0.1, 0.15) is 23.3 Å². The number of fused-ring (bicyclic) bond motifs is 2. The summed E-state index contributed by atoms with van der Waals surface area (Å²) in [7, 11) is 0. The Morgan fingerprint density at radius 2 is 1.89 bits per heavy atom. The second-order valence-electron chi connectivity index (χ2n) is 7.13. The maximum absolute atomic E-state index is 12.9. The zero-order valence-electron chi connectivity index (χ0n) is 15.2. The number of likely N-dealkylation sites (tertiary alicyclic amines) is 1. The maximum atomic E-state index is 12.9. The number of aliphatic hydroxyl groups excluding tert-OH is 1. The number of para-hydroxylation sites is 1. The number of aliphatic hydroxyl groups is 1. The fourth-order valence-corrected chi connectivity index (χ4v) is 3.69. The van der Waals surface area contributed by atoms with Crippen molar-refractivity contribution in [1.29, 1.82) is 0 Å². The molecule has 4 heterocycles. The van der Waals surface area contributed by atoms with Crippen LogP contribution in [0.4, 0.5) is 0 Å². The molecule has 0 saturated carbocycles. The van der Waals surface area contributed by atoms with Gasteiger partial charge in [-0.2, -0.15) is 0 Å². The molecule has 6 heteroatoms. The third kappa shape index (κ3) is 2.92. The molecular weight excluding hydrogens is 354 g/mol. The molecule has 0 bridgehead atoms. The predicted molar refractivity (Wildman–Crippen MR) is 106 cm³/mol. The van der Waals surface area contributed by atoms with E-state index in [2.05, 4.69) is 9.97 Å². The van der Waals surface area contributed by atoms with Gasteiger partial charge < -0.3 is 14.4 Å². The molecule has 0 radical (unpaired) electrons. The summed E-state index contributed by atoms with van der Waals surface area (Å²) in [6.07, 6.45) is 4.35. The van der Waals surface area contributed by atoms with Crippen LogP contribution < -0.4 is 0 Å². The third-order valence-electron chi connectivity index (χ3n) is 5.26. The Balaban J connectivity index is 1.57. The lowest BCUT2D eigenvalue weighted by Gasteiger charge is -2.29. The van der Waals surface area contributed by atoms with Gasteiger partial charge in [-0.1, -0.05) is 18.2 Å². The topological polar surface area (TPSA) is 79.5 Å². The molecule has 0 atom stereocenters. The average Bonchev–Trinajstić information content (AvgIpc) is 3.17. The Morgan fingerprint density at radius 3 is 2.71 bits per heavy atom. The minimum Gasteiger partial charge on any atom is -0.456 e. The number of nitrogens with zero attached hydrogens (tertiary/aromatic N) is 3. The molecule has 6 nitrogen and oxygen atoms in total. The van der Waals surface area contributed by atoms with Crippen molar-refractivity contribution in [3.05, 3.63) is 60.6 Å². The predicted octanol–water partition coefficient (Wildman–Crippen LogP) is 3.64. The first-order valence-electron chi connectivity index (χ1n) is 9.40. The summed E-state index contributed by atoms with van der Waals surface area (Å²) >= 11 is 0. The fraction of sp³-hybridized carbons (Fsp3) is 0.227. The standard InChI is InChI=1S/C22H19N3O3/c26-16-7-9-25(10-8-16)22(27)18-6-5-15-12-23-13-17(21(15)24-18)20-11-14-3-1-2-4-19(14)28-20/h1-6,11-13,16,26H,7-10H2. The largest absolute Gasteiger partial charge is 0.456 e. The monoisotopic (exact) mass is 373 g/mol. The third-order valence-corrected chi connectivity index (χ3v) is 5.26. The molecule has 1 fully saturated rings. The number of furan rings is 1. The smallest absolute Gasteiger partial charge is 0.272 e. The Hall–Kier alpha value is -3.25. The minimum atomic E-state index is -0.320. The highest BCUT2D eigenvalue weighted by Crippen LogP contribution is 2.31. The van der Waals surface area contributed by atoms with Gasteiger partial charge >= 0.3 is 0 Å². The van der Waals surface area contributed by atoms with Crippen LogP contribution >= 0.6 is 0 Å². The summed E-state index contributed by atoms with van der Waals surface area (Å²) in [5.41, 5.74) is 2.65. The number of aromatic nitrogens is 2. The number of piperidine rings is 1. The van der Waals surface area contributed by atoms with Crippen LogP contribution in [-0.2, 0) is 0 Å². The maximum Gasteiger partial charge on any atom is 0.272 e. The number of carbonyl (C=O) groups is 1. The molecule has 0 spiro atoms. The van der Waals surface area contributed by atoms with Gasteiger partial charge in [0.25, 0.3) is 5.91 Å². The highest BCUT2D eigenvalue weighted by Gasteiger charge is 2.23. The summed E-state index contributed by atoms with van der Waals surface area (Å²) in [6, 6.07) is 13.4. The number of hydrogen-bond acceptors (Lipinski definition) is 5. The number of hydrogen-bond donors (Lipinski definition) is 1. The lowest BCUT2D eigenvalue weighted by atomic mass is 10.1. The van der Waals surface area contributed by atoms with Crippen molar-refractivity contribution in [3.63, 3.8) is 0 Å². The normalized spacial score (nSPS) is 15.4. The van der Waals surface area contributed by atoms with Crippen molar-refractivity contribution in [2.45, 2.75) is 18.9 Å². The highest BCUT2D eigenvalue weighted by atomic mass is 16.3. The van der Waals surface area contributed by atoms with E-state index in [-0.39, 0.29) is 12.0 Å². The molecule has 4 aromatic rings. The Bertz CT molecular complexity index is 1140. The van der Waals surface area contributed by atoms with E-state index in [1.807, 2.05) is 36.4 Å². The van der Waals surface area contributed by atoms with E-state index in [0.29, 0.717) is 42.9 Å². The Labute approximate surface area is 161 Å². The van der Waals surface area contributed by atoms with E-state index in [4.69, 9.17) is 4.42 Å². The SMILES string of the molecule is O=C(c1ccc2cncc(-c3cc4ccccc4o3)c2n1)N1CCC(O)CC1. The number of benzene rings is 1. The van der Waals surface area contributed by atoms with Gasteiger partial charge in [0.1, 0.15) is 17.0 Å². The van der Waals surface area contributed by atoms with Gasteiger partial charge in [-0.3, -0.25) is 9.78 Å². The van der Waals surface area contributed by atoms with E-state index in [1.54, 1.807) is 23.4 Å². The number of carbonyl (C=O) groups excluding carboxylic acids is 1. The van der Waals surface area contributed by atoms with Gasteiger partial charge in [0.2, 0.25) is 0 Å². The molecule has 0 unspecified atom stereocenters. The summed E-state index contributed by atoms with van der Waals surface area (Å²) < 4.78 is 5.99. The first-order valence-corrected chi connectivity index (χ1v) is 9.40. The lowest BCUT2D eigenvalue weighted by Crippen LogP contribution is -2.40. The second-order valence-corrected chi connectivity index (χ2v) is 7.13. The quantitative estimate of drug-likeness (QED) is 0.580. The summed E-state index contributed by atoms with van der Waals surface area (Å²) in [5, 5.41) is 11.5. The van der Waals surface area contributed by atoms with E-state index in [1.165, 1.54) is 0 Å². The molecule has 1 N–H and O–H groups in total. The molecule has 1 aliphatic rings. The van der Waals surface area contributed by atoms with Crippen LogP contribution in [0.15, 0.2) is 59.3 Å². The molecule has 28 heavy (non-hydrogen) atoms. The van der Waals surface area contributed by atoms with E-state index < -0.39 is 0 Å². The van der Waals surface area contributed by atoms with Crippen LogP contribution in [0.5, 0.6) is 0 Å². The van der Waals surface area contributed by atoms with Crippen LogP contribution in [-0.4, -0.2) is 45.1 Å². The lowest BCUT2D eigenvalue weighted by molar-refractivity contribution is 0.0542. The number of amides is 1. The summed E-state index contributed by atoms with van der Waals surface area (Å²) in [5.74, 6) is 0.568. The van der Waals surface area contributed by atoms with Crippen molar-refractivity contribution >= 4 is 27.8 Å². The zero-order chi connectivity index (χ0) is 19.1. The fourth-order valence-electron chi connectivity index (χ4n) is 3.69. The van der Waals surface area contributed by atoms with Crippen LogP contribution in [0.3, 0.4) is 0 Å².